The molecule has 0 saturated heterocycles. The number of ether oxygens (including phenoxy) is 3. The zero-order valence-electron chi connectivity index (χ0n) is 18.0. The van der Waals surface area contributed by atoms with Crippen LogP contribution in [0.1, 0.15) is 47.1 Å². The minimum Gasteiger partial charge on any atom is -0.464 e. The van der Waals surface area contributed by atoms with E-state index in [0.29, 0.717) is 0 Å². The summed E-state index contributed by atoms with van der Waals surface area (Å²) in [7, 11) is 0. The lowest BCUT2D eigenvalue weighted by atomic mass is 10.0. The van der Waals surface area contributed by atoms with Crippen molar-refractivity contribution in [2.24, 2.45) is 0 Å². The van der Waals surface area contributed by atoms with E-state index in [2.05, 4.69) is 10.6 Å². The predicted octanol–water partition coefficient (Wildman–Crippen LogP) is 2.55. The standard InChI is InChI=1S/C21H32N2O6/c1-7-28-17(24)16(14-27-13-15-11-9-8-10-12-15)22-18(25)21(5,6)23-19(26)29-20(2,3)4/h8-12,16H,7,13-14H2,1-6H3,(H,22,25)(H,23,26)/t16-/m0/s1. The van der Waals surface area contributed by atoms with Crippen LogP contribution in [0.2, 0.25) is 0 Å². The van der Waals surface area contributed by atoms with E-state index in [0.717, 1.165) is 5.56 Å². The van der Waals surface area contributed by atoms with Crippen molar-refractivity contribution in [1.29, 1.82) is 0 Å². The van der Waals surface area contributed by atoms with E-state index in [1.54, 1.807) is 27.7 Å². The first-order chi connectivity index (χ1) is 13.4. The van der Waals surface area contributed by atoms with Crippen LogP contribution in [0.3, 0.4) is 0 Å². The van der Waals surface area contributed by atoms with Crippen LogP contribution < -0.4 is 10.6 Å². The fourth-order valence-corrected chi connectivity index (χ4v) is 2.23. The van der Waals surface area contributed by atoms with Gasteiger partial charge in [0.25, 0.3) is 0 Å². The van der Waals surface area contributed by atoms with E-state index in [-0.39, 0.29) is 19.8 Å². The van der Waals surface area contributed by atoms with Gasteiger partial charge in [-0.15, -0.1) is 0 Å². The zero-order chi connectivity index (χ0) is 22.1. The summed E-state index contributed by atoms with van der Waals surface area (Å²) in [5.74, 6) is -1.17. The minimum absolute atomic E-state index is 0.0675. The molecule has 0 heterocycles. The second kappa shape index (κ2) is 10.8. The van der Waals surface area contributed by atoms with Crippen molar-refractivity contribution in [2.75, 3.05) is 13.2 Å². The van der Waals surface area contributed by atoms with Crippen LogP contribution in [-0.4, -0.2) is 48.4 Å². The number of rotatable bonds is 9. The Balaban J connectivity index is 2.71. The van der Waals surface area contributed by atoms with Crippen molar-refractivity contribution in [3.05, 3.63) is 35.9 Å². The lowest BCUT2D eigenvalue weighted by molar-refractivity contribution is -0.150. The van der Waals surface area contributed by atoms with Crippen LogP contribution in [-0.2, 0) is 30.4 Å². The molecule has 0 aromatic heterocycles. The molecule has 0 aliphatic rings. The molecule has 1 atom stereocenters. The summed E-state index contributed by atoms with van der Waals surface area (Å²) in [5.41, 5.74) is -1.07. The highest BCUT2D eigenvalue weighted by atomic mass is 16.6. The maximum absolute atomic E-state index is 12.7. The molecule has 29 heavy (non-hydrogen) atoms. The van der Waals surface area contributed by atoms with Crippen molar-refractivity contribution in [2.45, 2.75) is 65.3 Å². The minimum atomic E-state index is -1.31. The molecule has 1 aromatic rings. The average Bonchev–Trinajstić information content (AvgIpc) is 2.59. The lowest BCUT2D eigenvalue weighted by Gasteiger charge is -2.29. The van der Waals surface area contributed by atoms with Gasteiger partial charge in [0, 0.05) is 0 Å². The first-order valence-electron chi connectivity index (χ1n) is 9.55. The Morgan fingerprint density at radius 2 is 1.66 bits per heavy atom. The van der Waals surface area contributed by atoms with Gasteiger partial charge in [0.15, 0.2) is 6.04 Å². The molecule has 0 radical (unpaired) electrons. The summed E-state index contributed by atoms with van der Waals surface area (Å²) in [6, 6.07) is 8.44. The molecule has 0 unspecified atom stereocenters. The Kier molecular flexibility index (Phi) is 9.10. The third kappa shape index (κ3) is 9.43. The van der Waals surface area contributed by atoms with Gasteiger partial charge in [-0.2, -0.15) is 0 Å². The third-order valence-corrected chi connectivity index (χ3v) is 3.65. The average molecular weight is 408 g/mol. The quantitative estimate of drug-likeness (QED) is 0.609. The lowest BCUT2D eigenvalue weighted by Crippen LogP contribution is -2.59. The number of carbonyl (C=O) groups excluding carboxylic acids is 3. The fourth-order valence-electron chi connectivity index (χ4n) is 2.23. The number of alkyl carbamates (subject to hydrolysis) is 1. The van der Waals surface area contributed by atoms with Crippen LogP contribution in [0.25, 0.3) is 0 Å². The van der Waals surface area contributed by atoms with Gasteiger partial charge in [0.2, 0.25) is 5.91 Å². The van der Waals surface area contributed by atoms with Gasteiger partial charge in [-0.3, -0.25) is 4.79 Å². The van der Waals surface area contributed by atoms with Gasteiger partial charge in [0.1, 0.15) is 11.1 Å². The number of amides is 2. The number of hydrogen-bond donors (Lipinski definition) is 2. The Labute approximate surface area is 172 Å². The van der Waals surface area contributed by atoms with Crippen molar-refractivity contribution < 1.29 is 28.6 Å². The Hall–Kier alpha value is -2.61. The van der Waals surface area contributed by atoms with Crippen molar-refractivity contribution in [3.8, 4) is 0 Å². The van der Waals surface area contributed by atoms with Crippen molar-refractivity contribution in [3.63, 3.8) is 0 Å². The Morgan fingerprint density at radius 1 is 1.03 bits per heavy atom. The van der Waals surface area contributed by atoms with E-state index < -0.39 is 35.2 Å². The summed E-state index contributed by atoms with van der Waals surface area (Å²) in [5, 5.41) is 5.09. The normalized spacial score (nSPS) is 12.6. The molecule has 1 rings (SSSR count). The molecule has 0 aliphatic carbocycles. The van der Waals surface area contributed by atoms with Crippen LogP contribution >= 0.6 is 0 Å². The van der Waals surface area contributed by atoms with Crippen LogP contribution in [0.4, 0.5) is 4.79 Å². The first kappa shape index (κ1) is 24.4. The predicted molar refractivity (Wildman–Crippen MR) is 108 cm³/mol. The van der Waals surface area contributed by atoms with Gasteiger partial charge in [-0.1, -0.05) is 30.3 Å². The number of benzene rings is 1. The highest BCUT2D eigenvalue weighted by Gasteiger charge is 2.34. The van der Waals surface area contributed by atoms with E-state index in [9.17, 15) is 14.4 Å². The number of carbonyl (C=O) groups is 3. The summed E-state index contributed by atoms with van der Waals surface area (Å²) in [4.78, 5) is 36.9. The Morgan fingerprint density at radius 3 is 2.21 bits per heavy atom. The van der Waals surface area contributed by atoms with E-state index in [1.807, 2.05) is 30.3 Å². The Bertz CT molecular complexity index is 682. The molecule has 0 spiro atoms. The number of esters is 1. The maximum Gasteiger partial charge on any atom is 0.408 e. The molecular weight excluding hydrogens is 376 g/mol. The summed E-state index contributed by atoms with van der Waals surface area (Å²) in [6.07, 6.45) is -0.731. The highest BCUT2D eigenvalue weighted by molar-refractivity contribution is 5.92. The van der Waals surface area contributed by atoms with Gasteiger partial charge in [-0.05, 0) is 47.1 Å². The SMILES string of the molecule is CCOC(=O)[C@H](COCc1ccccc1)NC(=O)C(C)(C)NC(=O)OC(C)(C)C. The van der Waals surface area contributed by atoms with Gasteiger partial charge < -0.3 is 24.8 Å². The molecule has 0 fully saturated rings. The van der Waals surface area contributed by atoms with E-state index >= 15 is 0 Å². The molecule has 0 aliphatic heterocycles. The van der Waals surface area contributed by atoms with Crippen molar-refractivity contribution in [1.82, 2.24) is 10.6 Å². The maximum atomic E-state index is 12.7. The molecule has 1 aromatic carbocycles. The number of nitrogens with one attached hydrogen (secondary N) is 2. The summed E-state index contributed by atoms with van der Waals surface area (Å²) < 4.78 is 15.8. The van der Waals surface area contributed by atoms with Gasteiger partial charge >= 0.3 is 12.1 Å². The van der Waals surface area contributed by atoms with Crippen LogP contribution in [0, 0.1) is 0 Å². The molecule has 2 N–H and O–H groups in total. The summed E-state index contributed by atoms with van der Waals surface area (Å²) in [6.45, 7) is 10.3. The number of hydrogen-bond acceptors (Lipinski definition) is 6. The van der Waals surface area contributed by atoms with Crippen LogP contribution in [0.5, 0.6) is 0 Å². The second-order valence-corrected chi connectivity index (χ2v) is 8.03. The largest absolute Gasteiger partial charge is 0.464 e. The molecule has 0 saturated carbocycles. The summed E-state index contributed by atoms with van der Waals surface area (Å²) >= 11 is 0. The molecule has 162 valence electrons. The molecule has 2 amide bonds. The topological polar surface area (TPSA) is 103 Å². The molecule has 8 heteroatoms. The first-order valence-corrected chi connectivity index (χ1v) is 9.55. The smallest absolute Gasteiger partial charge is 0.408 e. The third-order valence-electron chi connectivity index (χ3n) is 3.65. The van der Waals surface area contributed by atoms with E-state index in [1.165, 1.54) is 13.8 Å². The molecule has 0 bridgehead atoms. The van der Waals surface area contributed by atoms with Gasteiger partial charge in [0.05, 0.1) is 19.8 Å². The molecular formula is C21H32N2O6. The zero-order valence-corrected chi connectivity index (χ0v) is 18.0. The monoisotopic (exact) mass is 408 g/mol. The van der Waals surface area contributed by atoms with Gasteiger partial charge in [-0.25, -0.2) is 9.59 Å². The fraction of sp³-hybridized carbons (Fsp3) is 0.571. The van der Waals surface area contributed by atoms with E-state index in [4.69, 9.17) is 14.2 Å². The van der Waals surface area contributed by atoms with Crippen LogP contribution in [0.15, 0.2) is 30.3 Å². The second-order valence-electron chi connectivity index (χ2n) is 8.03. The molecule has 8 nitrogen and oxygen atoms in total. The highest BCUT2D eigenvalue weighted by Crippen LogP contribution is 2.10. The van der Waals surface area contributed by atoms with Crippen molar-refractivity contribution >= 4 is 18.0 Å².